The largest absolute Gasteiger partial charge is 0.394 e. The van der Waals surface area contributed by atoms with Gasteiger partial charge in [0.05, 0.1) is 23.9 Å². The predicted molar refractivity (Wildman–Crippen MR) is 107 cm³/mol. The van der Waals surface area contributed by atoms with Crippen molar-refractivity contribution in [2.45, 2.75) is 13.0 Å². The molecule has 0 fully saturated rings. The van der Waals surface area contributed by atoms with Crippen LogP contribution in [0.4, 0.5) is 0 Å². The molecule has 0 aliphatic carbocycles. The highest BCUT2D eigenvalue weighted by Gasteiger charge is 2.15. The maximum absolute atomic E-state index is 12.8. The van der Waals surface area contributed by atoms with Gasteiger partial charge >= 0.3 is 0 Å². The number of rotatable bonds is 4. The molecular weight excluding hydrogens is 362 g/mol. The summed E-state index contributed by atoms with van der Waals surface area (Å²) in [6.07, 6.45) is 1.71. The van der Waals surface area contributed by atoms with E-state index in [4.69, 9.17) is 11.6 Å². The van der Waals surface area contributed by atoms with Gasteiger partial charge in [-0.05, 0) is 53.9 Å². The number of H-pyrrole nitrogens is 1. The van der Waals surface area contributed by atoms with Crippen molar-refractivity contribution >= 4 is 22.5 Å². The Balaban J connectivity index is 1.75. The van der Waals surface area contributed by atoms with Gasteiger partial charge in [0.2, 0.25) is 0 Å². The lowest BCUT2D eigenvalue weighted by Crippen LogP contribution is -2.26. The van der Waals surface area contributed by atoms with Crippen LogP contribution >= 0.6 is 11.6 Å². The Bertz CT molecular complexity index is 1180. The molecule has 0 aliphatic rings. The van der Waals surface area contributed by atoms with Crippen molar-refractivity contribution in [1.82, 2.24) is 14.8 Å². The number of aryl methyl sites for hydroxylation is 1. The SMILES string of the molecule is Cc1n[nH]c2ccc(-c3ccn(C(CO)c4cccc(Cl)c4)c(=O)c3)cc12. The van der Waals surface area contributed by atoms with Crippen molar-refractivity contribution in [3.63, 3.8) is 0 Å². The number of pyridine rings is 1. The van der Waals surface area contributed by atoms with Crippen LogP contribution < -0.4 is 5.56 Å². The van der Waals surface area contributed by atoms with Gasteiger partial charge in [-0.2, -0.15) is 5.10 Å². The zero-order chi connectivity index (χ0) is 19.0. The molecule has 5 nitrogen and oxygen atoms in total. The van der Waals surface area contributed by atoms with E-state index in [0.29, 0.717) is 5.02 Å². The van der Waals surface area contributed by atoms with Crippen LogP contribution in [0.15, 0.2) is 65.6 Å². The number of aliphatic hydroxyl groups excluding tert-OH is 1. The highest BCUT2D eigenvalue weighted by atomic mass is 35.5. The Kier molecular flexibility index (Phi) is 4.56. The quantitative estimate of drug-likeness (QED) is 0.564. The summed E-state index contributed by atoms with van der Waals surface area (Å²) in [4.78, 5) is 12.8. The first-order chi connectivity index (χ1) is 13.1. The standard InChI is InChI=1S/C21H18ClN3O2/c1-13-18-10-14(5-6-19(18)24-23-13)15-7-8-25(21(27)11-15)20(12-26)16-3-2-4-17(22)9-16/h2-11,20,26H,12H2,1H3,(H,23,24). The summed E-state index contributed by atoms with van der Waals surface area (Å²) >= 11 is 6.05. The number of fused-ring (bicyclic) bond motifs is 1. The summed E-state index contributed by atoms with van der Waals surface area (Å²) in [7, 11) is 0. The van der Waals surface area contributed by atoms with Crippen molar-refractivity contribution in [2.75, 3.05) is 6.61 Å². The van der Waals surface area contributed by atoms with E-state index in [2.05, 4.69) is 10.2 Å². The molecule has 1 unspecified atom stereocenters. The van der Waals surface area contributed by atoms with Gasteiger partial charge in [0.25, 0.3) is 5.56 Å². The van der Waals surface area contributed by atoms with E-state index >= 15 is 0 Å². The molecule has 2 heterocycles. The third-order valence-corrected chi connectivity index (χ3v) is 5.01. The number of hydrogen-bond donors (Lipinski definition) is 2. The maximum Gasteiger partial charge on any atom is 0.251 e. The number of aliphatic hydroxyl groups is 1. The van der Waals surface area contributed by atoms with E-state index in [1.54, 1.807) is 24.4 Å². The maximum atomic E-state index is 12.8. The number of benzene rings is 2. The van der Waals surface area contributed by atoms with E-state index in [9.17, 15) is 9.90 Å². The summed E-state index contributed by atoms with van der Waals surface area (Å²) in [6, 6.07) is 16.1. The minimum atomic E-state index is -0.483. The average molecular weight is 380 g/mol. The molecule has 0 amide bonds. The molecule has 0 spiro atoms. The van der Waals surface area contributed by atoms with E-state index in [1.165, 1.54) is 4.57 Å². The molecule has 0 radical (unpaired) electrons. The number of aromatic nitrogens is 3. The average Bonchev–Trinajstić information content (AvgIpc) is 3.04. The Morgan fingerprint density at radius 2 is 1.96 bits per heavy atom. The fourth-order valence-corrected chi connectivity index (χ4v) is 3.52. The van der Waals surface area contributed by atoms with Crippen LogP contribution in [0.2, 0.25) is 5.02 Å². The smallest absolute Gasteiger partial charge is 0.251 e. The van der Waals surface area contributed by atoms with Gasteiger partial charge in [-0.1, -0.05) is 29.8 Å². The molecule has 0 saturated carbocycles. The lowest BCUT2D eigenvalue weighted by Gasteiger charge is -2.18. The number of halogens is 1. The summed E-state index contributed by atoms with van der Waals surface area (Å²) in [5.41, 5.74) is 4.25. The van der Waals surface area contributed by atoms with Crippen LogP contribution in [0.3, 0.4) is 0 Å². The Morgan fingerprint density at radius 1 is 1.15 bits per heavy atom. The topological polar surface area (TPSA) is 70.9 Å². The second-order valence-electron chi connectivity index (χ2n) is 6.48. The second-order valence-corrected chi connectivity index (χ2v) is 6.92. The minimum Gasteiger partial charge on any atom is -0.394 e. The molecule has 6 heteroatoms. The summed E-state index contributed by atoms with van der Waals surface area (Å²) < 4.78 is 1.52. The molecular formula is C21H18ClN3O2. The predicted octanol–water partition coefficient (Wildman–Crippen LogP) is 3.94. The van der Waals surface area contributed by atoms with Crippen LogP contribution in [-0.4, -0.2) is 26.5 Å². The van der Waals surface area contributed by atoms with Crippen molar-refractivity contribution in [3.8, 4) is 11.1 Å². The zero-order valence-electron chi connectivity index (χ0n) is 14.7. The first-order valence-electron chi connectivity index (χ1n) is 8.60. The number of nitrogens with one attached hydrogen (secondary N) is 1. The van der Waals surface area contributed by atoms with Gasteiger partial charge in [0, 0.05) is 22.7 Å². The van der Waals surface area contributed by atoms with Gasteiger partial charge in [-0.25, -0.2) is 0 Å². The third kappa shape index (κ3) is 3.27. The molecule has 0 bridgehead atoms. The molecule has 0 aliphatic heterocycles. The van der Waals surface area contributed by atoms with E-state index < -0.39 is 6.04 Å². The number of aromatic amines is 1. The highest BCUT2D eigenvalue weighted by molar-refractivity contribution is 6.30. The molecule has 2 aromatic heterocycles. The van der Waals surface area contributed by atoms with Crippen LogP contribution in [0.25, 0.3) is 22.0 Å². The van der Waals surface area contributed by atoms with E-state index in [-0.39, 0.29) is 12.2 Å². The first kappa shape index (κ1) is 17.5. The second kappa shape index (κ2) is 7.02. The Hall–Kier alpha value is -2.89. The monoisotopic (exact) mass is 379 g/mol. The van der Waals surface area contributed by atoms with Crippen molar-refractivity contribution in [1.29, 1.82) is 0 Å². The molecule has 27 heavy (non-hydrogen) atoms. The van der Waals surface area contributed by atoms with Gasteiger partial charge in [0.1, 0.15) is 0 Å². The molecule has 4 rings (SSSR count). The summed E-state index contributed by atoms with van der Waals surface area (Å²) in [5, 5.41) is 18.6. The summed E-state index contributed by atoms with van der Waals surface area (Å²) in [5.74, 6) is 0. The number of nitrogens with zero attached hydrogens (tertiary/aromatic N) is 2. The van der Waals surface area contributed by atoms with E-state index in [1.807, 2.05) is 43.3 Å². The number of hydrogen-bond acceptors (Lipinski definition) is 3. The Morgan fingerprint density at radius 3 is 2.70 bits per heavy atom. The highest BCUT2D eigenvalue weighted by Crippen LogP contribution is 2.25. The van der Waals surface area contributed by atoms with Gasteiger partial charge in [-0.3, -0.25) is 9.89 Å². The van der Waals surface area contributed by atoms with Gasteiger partial charge in [0.15, 0.2) is 0 Å². The third-order valence-electron chi connectivity index (χ3n) is 4.78. The van der Waals surface area contributed by atoms with Gasteiger partial charge in [-0.15, -0.1) is 0 Å². The zero-order valence-corrected chi connectivity index (χ0v) is 15.4. The lowest BCUT2D eigenvalue weighted by atomic mass is 10.0. The van der Waals surface area contributed by atoms with Crippen molar-refractivity contribution in [2.24, 2.45) is 0 Å². The van der Waals surface area contributed by atoms with Crippen LogP contribution in [0.1, 0.15) is 17.3 Å². The normalized spacial score (nSPS) is 12.4. The van der Waals surface area contributed by atoms with Crippen LogP contribution in [-0.2, 0) is 0 Å². The Labute approximate surface area is 160 Å². The molecule has 2 aromatic carbocycles. The molecule has 1 atom stereocenters. The summed E-state index contributed by atoms with van der Waals surface area (Å²) in [6.45, 7) is 1.75. The molecule has 2 N–H and O–H groups in total. The molecule has 136 valence electrons. The van der Waals surface area contributed by atoms with Crippen LogP contribution in [0.5, 0.6) is 0 Å². The first-order valence-corrected chi connectivity index (χ1v) is 8.98. The molecule has 4 aromatic rings. The van der Waals surface area contributed by atoms with Crippen molar-refractivity contribution in [3.05, 3.63) is 87.4 Å². The van der Waals surface area contributed by atoms with Gasteiger partial charge < -0.3 is 9.67 Å². The van der Waals surface area contributed by atoms with Crippen LogP contribution in [0, 0.1) is 6.92 Å². The lowest BCUT2D eigenvalue weighted by molar-refractivity contribution is 0.247. The van der Waals surface area contributed by atoms with E-state index in [0.717, 1.165) is 33.3 Å². The minimum absolute atomic E-state index is 0.185. The van der Waals surface area contributed by atoms with Crippen molar-refractivity contribution < 1.29 is 5.11 Å². The fraction of sp³-hybridized carbons (Fsp3) is 0.143. The fourth-order valence-electron chi connectivity index (χ4n) is 3.32. The molecule has 0 saturated heterocycles.